The monoisotopic (exact) mass is 536 g/mol. The second-order valence-electron chi connectivity index (χ2n) is 10.8. The largest absolute Gasteiger partial charge is 0.464 e. The van der Waals surface area contributed by atoms with Gasteiger partial charge in [-0.15, -0.1) is 0 Å². The molecule has 0 bridgehead atoms. The molecule has 0 atom stereocenters. The van der Waals surface area contributed by atoms with Crippen molar-refractivity contribution in [3.8, 4) is 33.4 Å². The minimum atomic E-state index is 0.834. The molecule has 2 aromatic heterocycles. The Hall–Kier alpha value is -5.60. The second-order valence-corrected chi connectivity index (χ2v) is 10.8. The summed E-state index contributed by atoms with van der Waals surface area (Å²) < 4.78 is 12.1. The first-order valence-corrected chi connectivity index (χ1v) is 14.3. The highest BCUT2D eigenvalue weighted by molar-refractivity contribution is 6.26. The van der Waals surface area contributed by atoms with E-state index in [1.165, 1.54) is 54.9 Å². The first-order chi connectivity index (χ1) is 20.8. The van der Waals surface area contributed by atoms with E-state index >= 15 is 0 Å². The topological polar surface area (TPSA) is 26.3 Å². The summed E-state index contributed by atoms with van der Waals surface area (Å²) in [4.78, 5) is 0. The number of rotatable bonds is 3. The van der Waals surface area contributed by atoms with Crippen molar-refractivity contribution >= 4 is 54.5 Å². The predicted octanol–water partition coefficient (Wildman–Crippen LogP) is 11.6. The van der Waals surface area contributed by atoms with Gasteiger partial charge in [-0.2, -0.15) is 0 Å². The molecule has 0 aliphatic rings. The van der Waals surface area contributed by atoms with Gasteiger partial charge < -0.3 is 8.83 Å². The third kappa shape index (κ3) is 3.33. The van der Waals surface area contributed by atoms with Crippen LogP contribution in [0.2, 0.25) is 0 Å². The Morgan fingerprint density at radius 2 is 0.976 bits per heavy atom. The van der Waals surface area contributed by atoms with Crippen LogP contribution in [0.5, 0.6) is 0 Å². The predicted molar refractivity (Wildman–Crippen MR) is 175 cm³/mol. The first-order valence-electron chi connectivity index (χ1n) is 14.3. The number of benzene rings is 7. The minimum absolute atomic E-state index is 0.834. The molecule has 2 heterocycles. The van der Waals surface area contributed by atoms with Crippen LogP contribution in [-0.4, -0.2) is 0 Å². The molecule has 2 heteroatoms. The van der Waals surface area contributed by atoms with E-state index in [9.17, 15) is 0 Å². The lowest BCUT2D eigenvalue weighted by molar-refractivity contribution is 0.613. The van der Waals surface area contributed by atoms with Crippen molar-refractivity contribution in [1.82, 2.24) is 0 Å². The number of hydrogen-bond donors (Lipinski definition) is 0. The molecule has 0 unspecified atom stereocenters. The van der Waals surface area contributed by atoms with E-state index in [-0.39, 0.29) is 0 Å². The van der Waals surface area contributed by atoms with E-state index in [0.717, 1.165) is 32.9 Å². The van der Waals surface area contributed by atoms with Crippen molar-refractivity contribution in [3.63, 3.8) is 0 Å². The van der Waals surface area contributed by atoms with Gasteiger partial charge in [0.05, 0.1) is 6.26 Å². The third-order valence-corrected chi connectivity index (χ3v) is 8.55. The van der Waals surface area contributed by atoms with Crippen molar-refractivity contribution in [2.45, 2.75) is 0 Å². The van der Waals surface area contributed by atoms with Gasteiger partial charge in [0.15, 0.2) is 0 Å². The van der Waals surface area contributed by atoms with Gasteiger partial charge >= 0.3 is 0 Å². The number of hydrogen-bond acceptors (Lipinski definition) is 2. The van der Waals surface area contributed by atoms with E-state index in [1.807, 2.05) is 12.1 Å². The fourth-order valence-corrected chi connectivity index (χ4v) is 6.77. The molecule has 7 aromatic carbocycles. The van der Waals surface area contributed by atoms with Gasteiger partial charge in [-0.3, -0.25) is 0 Å². The molecule has 196 valence electrons. The summed E-state index contributed by atoms with van der Waals surface area (Å²) >= 11 is 0. The SMILES string of the molecule is c1ccc(-c2ccccc2-c2c3ccccc3c(-c3cccc4oc5cc6occc6cc5c34)c3ccccc23)cc1. The van der Waals surface area contributed by atoms with Gasteiger partial charge in [0, 0.05) is 22.2 Å². The Labute approximate surface area is 242 Å². The average Bonchev–Trinajstić information content (AvgIpc) is 3.66. The Morgan fingerprint density at radius 3 is 1.69 bits per heavy atom. The molecule has 9 aromatic rings. The molecule has 0 amide bonds. The van der Waals surface area contributed by atoms with Gasteiger partial charge in [0.25, 0.3) is 0 Å². The summed E-state index contributed by atoms with van der Waals surface area (Å²) in [5, 5.41) is 8.21. The molecule has 9 rings (SSSR count). The number of fused-ring (bicyclic) bond motifs is 6. The van der Waals surface area contributed by atoms with E-state index < -0.39 is 0 Å². The molecule has 42 heavy (non-hydrogen) atoms. The standard InChI is InChI=1S/C40H24O2/c1-2-11-25(12-3-1)27-13-4-5-14-28(27)38-29-15-6-8-17-31(29)39(32-18-9-7-16-30(32)38)33-19-10-20-35-40(33)34-23-26-21-22-41-36(26)24-37(34)42-35/h1-24H. The lowest BCUT2D eigenvalue weighted by atomic mass is 9.83. The quantitative estimate of drug-likeness (QED) is 0.210. The first kappa shape index (κ1) is 23.1. The maximum absolute atomic E-state index is 6.41. The van der Waals surface area contributed by atoms with Crippen molar-refractivity contribution in [1.29, 1.82) is 0 Å². The fraction of sp³-hybridized carbons (Fsp3) is 0. The highest BCUT2D eigenvalue weighted by atomic mass is 16.3. The van der Waals surface area contributed by atoms with Crippen molar-refractivity contribution in [2.75, 3.05) is 0 Å². The van der Waals surface area contributed by atoms with Gasteiger partial charge in [-0.1, -0.05) is 115 Å². The molecule has 0 aliphatic heterocycles. The van der Waals surface area contributed by atoms with Crippen LogP contribution in [0.4, 0.5) is 0 Å². The van der Waals surface area contributed by atoms with Crippen LogP contribution in [0, 0.1) is 0 Å². The molecule has 0 aliphatic carbocycles. The molecule has 0 spiro atoms. The Balaban J connectivity index is 1.43. The van der Waals surface area contributed by atoms with Crippen molar-refractivity contribution < 1.29 is 8.83 Å². The van der Waals surface area contributed by atoms with Crippen LogP contribution in [0.3, 0.4) is 0 Å². The maximum Gasteiger partial charge on any atom is 0.139 e. The van der Waals surface area contributed by atoms with Crippen LogP contribution in [0.25, 0.3) is 87.8 Å². The zero-order valence-corrected chi connectivity index (χ0v) is 22.7. The molecule has 0 saturated heterocycles. The zero-order valence-electron chi connectivity index (χ0n) is 22.7. The van der Waals surface area contributed by atoms with Gasteiger partial charge in [-0.25, -0.2) is 0 Å². The second kappa shape index (κ2) is 8.95. The van der Waals surface area contributed by atoms with Crippen LogP contribution in [-0.2, 0) is 0 Å². The summed E-state index contributed by atoms with van der Waals surface area (Å²) in [5.74, 6) is 0. The Morgan fingerprint density at radius 1 is 0.381 bits per heavy atom. The normalized spacial score (nSPS) is 11.8. The van der Waals surface area contributed by atoms with Gasteiger partial charge in [0.1, 0.15) is 16.7 Å². The molecule has 2 nitrogen and oxygen atoms in total. The Kier molecular flexibility index (Phi) is 4.93. The van der Waals surface area contributed by atoms with Crippen LogP contribution in [0.1, 0.15) is 0 Å². The van der Waals surface area contributed by atoms with E-state index in [0.29, 0.717) is 0 Å². The van der Waals surface area contributed by atoms with Crippen LogP contribution >= 0.6 is 0 Å². The van der Waals surface area contributed by atoms with Gasteiger partial charge in [-0.05, 0) is 73.1 Å². The number of furan rings is 2. The molecular formula is C40H24O2. The lowest BCUT2D eigenvalue weighted by Crippen LogP contribution is -1.93. The highest BCUT2D eigenvalue weighted by Gasteiger charge is 2.21. The van der Waals surface area contributed by atoms with Crippen molar-refractivity contribution in [3.05, 3.63) is 146 Å². The molecule has 0 saturated carbocycles. The fourth-order valence-electron chi connectivity index (χ4n) is 6.77. The van der Waals surface area contributed by atoms with E-state index in [2.05, 4.69) is 127 Å². The smallest absolute Gasteiger partial charge is 0.139 e. The summed E-state index contributed by atoms with van der Waals surface area (Å²) in [7, 11) is 0. The average molecular weight is 537 g/mol. The third-order valence-electron chi connectivity index (χ3n) is 8.55. The zero-order chi connectivity index (χ0) is 27.6. The van der Waals surface area contributed by atoms with Gasteiger partial charge in [0.2, 0.25) is 0 Å². The highest BCUT2D eigenvalue weighted by Crippen LogP contribution is 2.48. The molecule has 0 fully saturated rings. The van der Waals surface area contributed by atoms with Crippen LogP contribution in [0.15, 0.2) is 155 Å². The lowest BCUT2D eigenvalue weighted by Gasteiger charge is -2.20. The molecular weight excluding hydrogens is 512 g/mol. The van der Waals surface area contributed by atoms with Crippen LogP contribution < -0.4 is 0 Å². The Bertz CT molecular complexity index is 2400. The summed E-state index contributed by atoms with van der Waals surface area (Å²) in [6.45, 7) is 0. The van der Waals surface area contributed by atoms with Crippen molar-refractivity contribution in [2.24, 2.45) is 0 Å². The summed E-state index contributed by atoms with van der Waals surface area (Å²) in [6, 6.07) is 49.7. The molecule has 0 radical (unpaired) electrons. The molecule has 0 N–H and O–H groups in total. The maximum atomic E-state index is 6.41. The summed E-state index contributed by atoms with van der Waals surface area (Å²) in [5.41, 5.74) is 9.88. The van der Waals surface area contributed by atoms with E-state index in [4.69, 9.17) is 8.83 Å². The summed E-state index contributed by atoms with van der Waals surface area (Å²) in [6.07, 6.45) is 1.74. The van der Waals surface area contributed by atoms with E-state index in [1.54, 1.807) is 6.26 Å². The minimum Gasteiger partial charge on any atom is -0.464 e.